The van der Waals surface area contributed by atoms with Crippen LogP contribution in [0.4, 0.5) is 0 Å². The Bertz CT molecular complexity index is 772. The fraction of sp³-hybridized carbons (Fsp3) is 0.250. The molecule has 0 saturated carbocycles. The minimum atomic E-state index is -0.811. The summed E-state index contributed by atoms with van der Waals surface area (Å²) in [5, 5.41) is 2.84. The molecule has 0 radical (unpaired) electrons. The highest BCUT2D eigenvalue weighted by Crippen LogP contribution is 2.36. The molecule has 2 aliphatic rings. The maximum absolute atomic E-state index is 11.6. The van der Waals surface area contributed by atoms with Crippen molar-refractivity contribution in [3.8, 4) is 11.3 Å². The summed E-state index contributed by atoms with van der Waals surface area (Å²) in [6, 6.07) is 5.87. The number of carbonyl (C=O) groups excluding carboxylic acids is 1. The Hall–Kier alpha value is -2.60. The standard InChI is InChI=1S/C16H15N3O3/c1-11-12(5-9-21-11)13-4-2-8-19(13)16(6-3-7-17-16)15-18-14(20)10-22-15/h2-9,15H,10H2,1H3,(H,18,20). The first-order chi connectivity index (χ1) is 10.7. The van der Waals surface area contributed by atoms with Crippen LogP contribution in [0, 0.1) is 6.92 Å². The molecule has 2 aliphatic heterocycles. The highest BCUT2D eigenvalue weighted by molar-refractivity contribution is 5.80. The van der Waals surface area contributed by atoms with Crippen molar-refractivity contribution in [2.75, 3.05) is 6.61 Å². The Morgan fingerprint density at radius 2 is 2.36 bits per heavy atom. The van der Waals surface area contributed by atoms with Crippen molar-refractivity contribution >= 4 is 12.1 Å². The highest BCUT2D eigenvalue weighted by Gasteiger charge is 2.45. The molecule has 22 heavy (non-hydrogen) atoms. The number of ether oxygens (including phenoxy) is 1. The van der Waals surface area contributed by atoms with Crippen LogP contribution in [0.1, 0.15) is 5.76 Å². The normalized spacial score (nSPS) is 26.8. The Morgan fingerprint density at radius 3 is 3.00 bits per heavy atom. The summed E-state index contributed by atoms with van der Waals surface area (Å²) in [4.78, 5) is 16.1. The lowest BCUT2D eigenvalue weighted by atomic mass is 10.1. The Morgan fingerprint density at radius 1 is 1.45 bits per heavy atom. The van der Waals surface area contributed by atoms with Crippen molar-refractivity contribution in [1.82, 2.24) is 9.88 Å². The number of aliphatic imine (C=N–C) groups is 1. The van der Waals surface area contributed by atoms with Gasteiger partial charge in [0.15, 0.2) is 11.9 Å². The fourth-order valence-electron chi connectivity index (χ4n) is 2.99. The van der Waals surface area contributed by atoms with Crippen molar-refractivity contribution in [2.24, 2.45) is 4.99 Å². The lowest BCUT2D eigenvalue weighted by Crippen LogP contribution is -2.48. The monoisotopic (exact) mass is 297 g/mol. The van der Waals surface area contributed by atoms with Crippen LogP contribution < -0.4 is 5.32 Å². The predicted molar refractivity (Wildman–Crippen MR) is 80.4 cm³/mol. The molecule has 1 amide bonds. The molecule has 1 N–H and O–H groups in total. The van der Waals surface area contributed by atoms with E-state index in [4.69, 9.17) is 9.15 Å². The van der Waals surface area contributed by atoms with Crippen LogP contribution in [0.3, 0.4) is 0 Å². The number of furan rings is 1. The first-order valence-corrected chi connectivity index (χ1v) is 7.07. The minimum absolute atomic E-state index is 0.0527. The van der Waals surface area contributed by atoms with Crippen LogP contribution in [-0.4, -0.2) is 29.5 Å². The van der Waals surface area contributed by atoms with Crippen LogP contribution in [0.25, 0.3) is 11.3 Å². The lowest BCUT2D eigenvalue weighted by Gasteiger charge is -2.33. The number of allylic oxidation sites excluding steroid dienone is 1. The van der Waals surface area contributed by atoms with E-state index in [2.05, 4.69) is 10.3 Å². The molecule has 2 aromatic heterocycles. The molecule has 6 heteroatoms. The first kappa shape index (κ1) is 13.1. The number of aromatic nitrogens is 1. The van der Waals surface area contributed by atoms with E-state index in [1.165, 1.54) is 0 Å². The van der Waals surface area contributed by atoms with Gasteiger partial charge in [0.2, 0.25) is 5.91 Å². The molecule has 0 aliphatic carbocycles. The number of hydrogen-bond donors (Lipinski definition) is 1. The quantitative estimate of drug-likeness (QED) is 0.939. The van der Waals surface area contributed by atoms with Gasteiger partial charge in [-0.2, -0.15) is 0 Å². The van der Waals surface area contributed by atoms with E-state index < -0.39 is 11.9 Å². The SMILES string of the molecule is Cc1occc1-c1cccn1C1(C2NC(=O)CO2)C=CC=N1. The van der Waals surface area contributed by atoms with E-state index in [-0.39, 0.29) is 12.5 Å². The molecule has 6 nitrogen and oxygen atoms in total. The van der Waals surface area contributed by atoms with Gasteiger partial charge in [-0.3, -0.25) is 9.79 Å². The van der Waals surface area contributed by atoms with Crippen molar-refractivity contribution in [2.45, 2.75) is 18.8 Å². The smallest absolute Gasteiger partial charge is 0.248 e. The van der Waals surface area contributed by atoms with Crippen LogP contribution in [0.15, 0.2) is 52.2 Å². The van der Waals surface area contributed by atoms with Gasteiger partial charge in [0, 0.05) is 18.0 Å². The van der Waals surface area contributed by atoms with Gasteiger partial charge in [-0.25, -0.2) is 0 Å². The van der Waals surface area contributed by atoms with E-state index in [0.717, 1.165) is 17.0 Å². The average Bonchev–Trinajstić information content (AvgIpc) is 3.24. The average molecular weight is 297 g/mol. The number of rotatable bonds is 3. The van der Waals surface area contributed by atoms with Gasteiger partial charge >= 0.3 is 0 Å². The van der Waals surface area contributed by atoms with Crippen molar-refractivity contribution < 1.29 is 13.9 Å². The third kappa shape index (κ3) is 1.77. The van der Waals surface area contributed by atoms with Gasteiger partial charge in [0.1, 0.15) is 12.4 Å². The largest absolute Gasteiger partial charge is 0.469 e. The molecular weight excluding hydrogens is 282 g/mol. The minimum Gasteiger partial charge on any atom is -0.469 e. The zero-order chi connectivity index (χ0) is 15.2. The van der Waals surface area contributed by atoms with Crippen molar-refractivity contribution in [3.05, 3.63) is 48.6 Å². The topological polar surface area (TPSA) is 68.8 Å². The van der Waals surface area contributed by atoms with Gasteiger partial charge in [0.25, 0.3) is 0 Å². The molecule has 0 bridgehead atoms. The molecule has 112 valence electrons. The summed E-state index contributed by atoms with van der Waals surface area (Å²) >= 11 is 0. The van der Waals surface area contributed by atoms with E-state index in [9.17, 15) is 4.79 Å². The Balaban J connectivity index is 1.85. The fourth-order valence-corrected chi connectivity index (χ4v) is 2.99. The zero-order valence-electron chi connectivity index (χ0n) is 12.0. The van der Waals surface area contributed by atoms with E-state index in [1.54, 1.807) is 12.5 Å². The van der Waals surface area contributed by atoms with Crippen molar-refractivity contribution in [1.29, 1.82) is 0 Å². The summed E-state index contributed by atoms with van der Waals surface area (Å²) in [5.74, 6) is 0.700. The van der Waals surface area contributed by atoms with E-state index in [1.807, 2.05) is 48.0 Å². The maximum atomic E-state index is 11.6. The molecule has 0 spiro atoms. The van der Waals surface area contributed by atoms with Gasteiger partial charge in [-0.05, 0) is 37.3 Å². The summed E-state index contributed by atoms with van der Waals surface area (Å²) in [5.41, 5.74) is 1.14. The summed E-state index contributed by atoms with van der Waals surface area (Å²) in [6.45, 7) is 1.97. The molecule has 2 aromatic rings. The molecule has 2 unspecified atom stereocenters. The van der Waals surface area contributed by atoms with E-state index in [0.29, 0.717) is 0 Å². The number of carbonyl (C=O) groups is 1. The molecule has 0 aromatic carbocycles. The van der Waals surface area contributed by atoms with Crippen LogP contribution >= 0.6 is 0 Å². The summed E-state index contributed by atoms with van der Waals surface area (Å²) in [7, 11) is 0. The van der Waals surface area contributed by atoms with Gasteiger partial charge in [0.05, 0.1) is 12.0 Å². The highest BCUT2D eigenvalue weighted by atomic mass is 16.5. The molecule has 2 atom stereocenters. The second-order valence-electron chi connectivity index (χ2n) is 5.33. The van der Waals surface area contributed by atoms with Gasteiger partial charge < -0.3 is 19.0 Å². The van der Waals surface area contributed by atoms with Crippen molar-refractivity contribution in [3.63, 3.8) is 0 Å². The maximum Gasteiger partial charge on any atom is 0.248 e. The van der Waals surface area contributed by atoms with Gasteiger partial charge in [-0.15, -0.1) is 0 Å². The third-order valence-corrected chi connectivity index (χ3v) is 4.04. The molecule has 1 saturated heterocycles. The van der Waals surface area contributed by atoms with Crippen LogP contribution in [0.5, 0.6) is 0 Å². The molecule has 1 fully saturated rings. The number of aryl methyl sites for hydroxylation is 1. The predicted octanol–water partition coefficient (Wildman–Crippen LogP) is 1.82. The second kappa shape index (κ2) is 4.71. The molecule has 4 rings (SSSR count). The van der Waals surface area contributed by atoms with E-state index >= 15 is 0 Å². The Kier molecular flexibility index (Phi) is 2.80. The summed E-state index contributed by atoms with van der Waals surface area (Å²) < 4.78 is 13.0. The molecule has 4 heterocycles. The zero-order valence-corrected chi connectivity index (χ0v) is 12.0. The molecular formula is C16H15N3O3. The van der Waals surface area contributed by atoms with Gasteiger partial charge in [-0.1, -0.05) is 0 Å². The lowest BCUT2D eigenvalue weighted by molar-refractivity contribution is -0.119. The van der Waals surface area contributed by atoms with Crippen LogP contribution in [0.2, 0.25) is 0 Å². The van der Waals surface area contributed by atoms with Crippen LogP contribution in [-0.2, 0) is 15.2 Å². The number of amides is 1. The second-order valence-corrected chi connectivity index (χ2v) is 5.33. The number of hydrogen-bond acceptors (Lipinski definition) is 4. The number of nitrogens with zero attached hydrogens (tertiary/aromatic N) is 2. The summed E-state index contributed by atoms with van der Waals surface area (Å²) in [6.07, 6.45) is 8.58. The Labute approximate surface area is 127 Å². The number of nitrogens with one attached hydrogen (secondary N) is 1. The third-order valence-electron chi connectivity index (χ3n) is 4.04. The first-order valence-electron chi connectivity index (χ1n) is 7.07.